The van der Waals surface area contributed by atoms with Crippen molar-refractivity contribution in [1.29, 1.82) is 0 Å². The number of nitrogens with zero attached hydrogens (tertiary/aromatic N) is 3. The van der Waals surface area contributed by atoms with E-state index in [9.17, 15) is 9.59 Å². The first kappa shape index (κ1) is 14.8. The van der Waals surface area contributed by atoms with Crippen molar-refractivity contribution >= 4 is 16.9 Å². The molecule has 0 aliphatic carbocycles. The van der Waals surface area contributed by atoms with Gasteiger partial charge >= 0.3 is 0 Å². The Labute approximate surface area is 131 Å². The smallest absolute Gasteiger partial charge is 0.262 e. The van der Waals surface area contributed by atoms with Gasteiger partial charge in [-0.25, -0.2) is 15.0 Å². The summed E-state index contributed by atoms with van der Waals surface area (Å²) in [6.07, 6.45) is 3.79. The first-order valence-electron chi connectivity index (χ1n) is 7.22. The number of carbonyl (C=O) groups is 1. The topological polar surface area (TPSA) is 101 Å². The molecule has 23 heavy (non-hydrogen) atoms. The molecule has 0 spiro atoms. The highest BCUT2D eigenvalue weighted by molar-refractivity contribution is 5.76. The molecule has 0 radical (unpaired) electrons. The molecule has 0 aliphatic heterocycles. The Morgan fingerprint density at radius 2 is 2.04 bits per heavy atom. The average molecular weight is 309 g/mol. The molecule has 116 valence electrons. The van der Waals surface area contributed by atoms with E-state index in [2.05, 4.69) is 25.3 Å². The zero-order valence-electron chi connectivity index (χ0n) is 12.3. The number of aromatic amines is 1. The lowest BCUT2D eigenvalue weighted by Crippen LogP contribution is -2.26. The Bertz CT molecular complexity index is 876. The Balaban J connectivity index is 1.60. The number of H-pyrrole nitrogens is 1. The van der Waals surface area contributed by atoms with Gasteiger partial charge in [0.1, 0.15) is 17.5 Å². The third kappa shape index (κ3) is 3.76. The van der Waals surface area contributed by atoms with Crippen molar-refractivity contribution in [2.24, 2.45) is 0 Å². The molecule has 2 N–H and O–H groups in total. The van der Waals surface area contributed by atoms with E-state index in [1.165, 1.54) is 12.5 Å². The van der Waals surface area contributed by atoms with Crippen molar-refractivity contribution in [2.45, 2.75) is 19.4 Å². The summed E-state index contributed by atoms with van der Waals surface area (Å²) in [7, 11) is 0. The average Bonchev–Trinajstić information content (AvgIpc) is 2.59. The normalized spacial score (nSPS) is 10.6. The van der Waals surface area contributed by atoms with Crippen molar-refractivity contribution in [3.8, 4) is 0 Å². The van der Waals surface area contributed by atoms with Crippen LogP contribution < -0.4 is 10.9 Å². The number of rotatable bonds is 5. The second-order valence-corrected chi connectivity index (χ2v) is 5.03. The molecule has 3 aromatic rings. The first-order chi connectivity index (χ1) is 11.2. The van der Waals surface area contributed by atoms with E-state index >= 15 is 0 Å². The summed E-state index contributed by atoms with van der Waals surface area (Å²) >= 11 is 0. The highest BCUT2D eigenvalue weighted by Gasteiger charge is 2.07. The lowest BCUT2D eigenvalue weighted by Gasteiger charge is -2.05. The van der Waals surface area contributed by atoms with Crippen LogP contribution in [0.4, 0.5) is 0 Å². The van der Waals surface area contributed by atoms with Crippen LogP contribution in [0.5, 0.6) is 0 Å². The number of aryl methyl sites for hydroxylation is 1. The van der Waals surface area contributed by atoms with Crippen LogP contribution in [0.15, 0.2) is 47.7 Å². The second-order valence-electron chi connectivity index (χ2n) is 5.03. The van der Waals surface area contributed by atoms with E-state index in [-0.39, 0.29) is 18.0 Å². The molecule has 1 aromatic carbocycles. The lowest BCUT2D eigenvalue weighted by atomic mass is 10.1. The molecule has 0 fully saturated rings. The van der Waals surface area contributed by atoms with Crippen LogP contribution >= 0.6 is 0 Å². The Hall–Kier alpha value is -3.09. The van der Waals surface area contributed by atoms with Gasteiger partial charge < -0.3 is 10.3 Å². The molecule has 3 rings (SSSR count). The Kier molecular flexibility index (Phi) is 4.37. The number of hydrogen-bond donors (Lipinski definition) is 2. The minimum absolute atomic E-state index is 0.0979. The van der Waals surface area contributed by atoms with Crippen molar-refractivity contribution in [3.63, 3.8) is 0 Å². The summed E-state index contributed by atoms with van der Waals surface area (Å²) in [5, 5.41) is 3.07. The summed E-state index contributed by atoms with van der Waals surface area (Å²) in [4.78, 5) is 38.3. The van der Waals surface area contributed by atoms with Crippen molar-refractivity contribution < 1.29 is 4.79 Å². The van der Waals surface area contributed by atoms with Gasteiger partial charge in [-0.1, -0.05) is 30.3 Å². The van der Waals surface area contributed by atoms with Crippen LogP contribution in [0.25, 0.3) is 11.0 Å². The maximum Gasteiger partial charge on any atom is 0.262 e. The minimum atomic E-state index is -0.316. The molecule has 1 amide bonds. The highest BCUT2D eigenvalue weighted by atomic mass is 16.1. The zero-order valence-corrected chi connectivity index (χ0v) is 12.3. The summed E-state index contributed by atoms with van der Waals surface area (Å²) in [6, 6.07) is 9.79. The molecule has 0 atom stereocenters. The van der Waals surface area contributed by atoms with E-state index < -0.39 is 0 Å². The largest absolute Gasteiger partial charge is 0.349 e. The highest BCUT2D eigenvalue weighted by Crippen LogP contribution is 2.03. The molecule has 2 heterocycles. The van der Waals surface area contributed by atoms with Gasteiger partial charge in [0.05, 0.1) is 6.54 Å². The number of benzene rings is 1. The van der Waals surface area contributed by atoms with Crippen LogP contribution in [-0.4, -0.2) is 25.8 Å². The fourth-order valence-electron chi connectivity index (χ4n) is 2.18. The van der Waals surface area contributed by atoms with Gasteiger partial charge in [0.25, 0.3) is 5.56 Å². The van der Waals surface area contributed by atoms with Gasteiger partial charge in [0.2, 0.25) is 5.91 Å². The summed E-state index contributed by atoms with van der Waals surface area (Å²) in [5.74, 6) is 0.272. The first-order valence-corrected chi connectivity index (χ1v) is 7.22. The summed E-state index contributed by atoms with van der Waals surface area (Å²) < 4.78 is 0. The quantitative estimate of drug-likeness (QED) is 0.731. The molecule has 0 saturated carbocycles. The summed E-state index contributed by atoms with van der Waals surface area (Å²) in [6.45, 7) is 0.156. The molecule has 2 aromatic heterocycles. The molecule has 0 aliphatic rings. The van der Waals surface area contributed by atoms with E-state index in [4.69, 9.17) is 0 Å². The third-order valence-corrected chi connectivity index (χ3v) is 3.37. The predicted molar refractivity (Wildman–Crippen MR) is 84.6 cm³/mol. The fraction of sp³-hybridized carbons (Fsp3) is 0.188. The summed E-state index contributed by atoms with van der Waals surface area (Å²) in [5.41, 5.74) is 1.11. The van der Waals surface area contributed by atoms with E-state index in [1.807, 2.05) is 30.3 Å². The van der Waals surface area contributed by atoms with Crippen LogP contribution in [0.3, 0.4) is 0 Å². The third-order valence-electron chi connectivity index (χ3n) is 3.37. The van der Waals surface area contributed by atoms with Gasteiger partial charge in [0, 0.05) is 12.6 Å². The maximum atomic E-state index is 11.9. The molecular formula is C16H15N5O2. The van der Waals surface area contributed by atoms with Gasteiger partial charge in [-0.15, -0.1) is 0 Å². The number of aromatic nitrogens is 4. The molecule has 0 saturated heterocycles. The monoisotopic (exact) mass is 309 g/mol. The number of nitrogens with one attached hydrogen (secondary N) is 2. The van der Waals surface area contributed by atoms with Crippen LogP contribution in [-0.2, 0) is 17.8 Å². The maximum absolute atomic E-state index is 11.9. The van der Waals surface area contributed by atoms with Crippen molar-refractivity contribution in [1.82, 2.24) is 25.3 Å². The molecular weight excluding hydrogens is 294 g/mol. The van der Waals surface area contributed by atoms with Gasteiger partial charge in [-0.3, -0.25) is 9.59 Å². The van der Waals surface area contributed by atoms with Crippen LogP contribution in [0.1, 0.15) is 17.8 Å². The van der Waals surface area contributed by atoms with E-state index in [0.29, 0.717) is 29.7 Å². The molecule has 0 bridgehead atoms. The molecule has 7 heteroatoms. The molecule has 7 nitrogen and oxygen atoms in total. The van der Waals surface area contributed by atoms with Crippen molar-refractivity contribution in [2.75, 3.05) is 0 Å². The zero-order chi connectivity index (χ0) is 16.1. The van der Waals surface area contributed by atoms with Gasteiger partial charge in [0.15, 0.2) is 5.65 Å². The number of hydrogen-bond acceptors (Lipinski definition) is 5. The molecule has 0 unspecified atom stereocenters. The number of amides is 1. The van der Waals surface area contributed by atoms with E-state index in [0.717, 1.165) is 5.56 Å². The minimum Gasteiger partial charge on any atom is -0.349 e. The number of carbonyl (C=O) groups excluding carboxylic acids is 1. The van der Waals surface area contributed by atoms with Crippen LogP contribution in [0, 0.1) is 0 Å². The van der Waals surface area contributed by atoms with Gasteiger partial charge in [-0.05, 0) is 12.0 Å². The Morgan fingerprint density at radius 1 is 1.22 bits per heavy atom. The fourth-order valence-corrected chi connectivity index (χ4v) is 2.18. The van der Waals surface area contributed by atoms with Gasteiger partial charge in [-0.2, -0.15) is 0 Å². The number of fused-ring (bicyclic) bond motifs is 1. The predicted octanol–water partition coefficient (Wildman–Crippen LogP) is 0.962. The standard InChI is InChI=1S/C16H15N5O2/c22-14(7-6-11-4-2-1-3-5-11)18-9-13-20-15-12(16(23)21-13)8-17-10-19-15/h1-5,8,10H,6-7,9H2,(H,18,22)(H,17,19,20,21,23). The van der Waals surface area contributed by atoms with Crippen LogP contribution in [0.2, 0.25) is 0 Å². The lowest BCUT2D eigenvalue weighted by molar-refractivity contribution is -0.121. The van der Waals surface area contributed by atoms with E-state index in [1.54, 1.807) is 0 Å². The van der Waals surface area contributed by atoms with Crippen molar-refractivity contribution in [3.05, 3.63) is 64.6 Å². The Morgan fingerprint density at radius 3 is 2.87 bits per heavy atom. The second kappa shape index (κ2) is 6.78. The SMILES string of the molecule is O=C(CCc1ccccc1)NCc1nc2ncncc2c(=O)[nH]1.